The fourth-order valence-electron chi connectivity index (χ4n) is 1.56. The lowest BCUT2D eigenvalue weighted by molar-refractivity contribution is -0.387. The Morgan fingerprint density at radius 1 is 1.42 bits per heavy atom. The summed E-state index contributed by atoms with van der Waals surface area (Å²) >= 11 is 1.02. The number of halogens is 2. The molecule has 2 aromatic rings. The smallest absolute Gasteiger partial charge is 0.305 e. The van der Waals surface area contributed by atoms with Crippen molar-refractivity contribution in [3.8, 4) is 10.6 Å². The fourth-order valence-corrected chi connectivity index (χ4v) is 2.46. The van der Waals surface area contributed by atoms with Gasteiger partial charge in [0.15, 0.2) is 0 Å². The molecule has 0 unspecified atom stereocenters. The average Bonchev–Trinajstić information content (AvgIpc) is 2.77. The molecule has 19 heavy (non-hydrogen) atoms. The minimum absolute atomic E-state index is 0.0714. The molecule has 2 N–H and O–H groups in total. The lowest BCUT2D eigenvalue weighted by atomic mass is 10.2. The van der Waals surface area contributed by atoms with Gasteiger partial charge in [0.25, 0.3) is 0 Å². The van der Waals surface area contributed by atoms with Crippen molar-refractivity contribution in [2.75, 3.05) is 6.54 Å². The third kappa shape index (κ3) is 2.59. The second-order valence-electron chi connectivity index (χ2n) is 3.70. The Balaban J connectivity index is 2.53. The Morgan fingerprint density at radius 3 is 2.79 bits per heavy atom. The minimum atomic E-state index is -1.21. The summed E-state index contributed by atoms with van der Waals surface area (Å²) in [5.74, 6) is -2.09. The third-order valence-corrected chi connectivity index (χ3v) is 3.34. The van der Waals surface area contributed by atoms with Crippen molar-refractivity contribution < 1.29 is 13.7 Å². The Labute approximate surface area is 110 Å². The van der Waals surface area contributed by atoms with Gasteiger partial charge >= 0.3 is 5.69 Å². The Bertz CT molecular complexity index is 630. The van der Waals surface area contributed by atoms with Gasteiger partial charge in [-0.3, -0.25) is 10.1 Å². The summed E-state index contributed by atoms with van der Waals surface area (Å²) < 4.78 is 27.6. The van der Waals surface area contributed by atoms with Crippen LogP contribution < -0.4 is 5.73 Å². The van der Waals surface area contributed by atoms with E-state index < -0.39 is 27.8 Å². The highest BCUT2D eigenvalue weighted by molar-refractivity contribution is 7.13. The predicted molar refractivity (Wildman–Crippen MR) is 66.9 cm³/mol. The van der Waals surface area contributed by atoms with E-state index in [1.807, 2.05) is 0 Å². The van der Waals surface area contributed by atoms with Gasteiger partial charge in [-0.2, -0.15) is 4.39 Å². The summed E-state index contributed by atoms with van der Waals surface area (Å²) in [4.78, 5) is 13.8. The van der Waals surface area contributed by atoms with Gasteiger partial charge in [0, 0.05) is 17.9 Å². The summed E-state index contributed by atoms with van der Waals surface area (Å²) in [6.07, 6.45) is 0.481. The molecule has 1 aromatic heterocycles. The van der Waals surface area contributed by atoms with Crippen molar-refractivity contribution in [3.63, 3.8) is 0 Å². The maximum absolute atomic E-state index is 13.9. The standard InChI is InChI=1S/C11H9F2N3O2S/c12-7-1-2-8(16(17)18)10(13)9(7)11-15-6(3-4-14)5-19-11/h1-2,5H,3-4,14H2. The van der Waals surface area contributed by atoms with E-state index >= 15 is 0 Å². The number of benzene rings is 1. The first-order valence-corrected chi connectivity index (χ1v) is 6.19. The Kier molecular flexibility index (Phi) is 3.82. The molecule has 0 saturated heterocycles. The van der Waals surface area contributed by atoms with Crippen molar-refractivity contribution in [2.24, 2.45) is 5.73 Å². The van der Waals surface area contributed by atoms with E-state index in [0.717, 1.165) is 23.5 Å². The molecule has 8 heteroatoms. The van der Waals surface area contributed by atoms with E-state index in [4.69, 9.17) is 5.73 Å². The van der Waals surface area contributed by atoms with Gasteiger partial charge in [0.05, 0.1) is 16.2 Å². The van der Waals surface area contributed by atoms with Crippen LogP contribution in [0.2, 0.25) is 0 Å². The van der Waals surface area contributed by atoms with E-state index in [-0.39, 0.29) is 5.01 Å². The normalized spacial score (nSPS) is 10.7. The number of thiazole rings is 1. The number of hydrogen-bond acceptors (Lipinski definition) is 5. The van der Waals surface area contributed by atoms with Crippen molar-refractivity contribution in [1.82, 2.24) is 4.98 Å². The van der Waals surface area contributed by atoms with Gasteiger partial charge in [-0.25, -0.2) is 9.37 Å². The summed E-state index contributed by atoms with van der Waals surface area (Å²) in [5, 5.41) is 12.3. The topological polar surface area (TPSA) is 82.0 Å². The van der Waals surface area contributed by atoms with E-state index in [0.29, 0.717) is 18.7 Å². The summed E-state index contributed by atoms with van der Waals surface area (Å²) in [7, 11) is 0. The number of nitro groups is 1. The van der Waals surface area contributed by atoms with Crippen LogP contribution in [-0.4, -0.2) is 16.5 Å². The van der Waals surface area contributed by atoms with E-state index in [2.05, 4.69) is 4.98 Å². The van der Waals surface area contributed by atoms with Crippen LogP contribution in [0.3, 0.4) is 0 Å². The second kappa shape index (κ2) is 5.37. The Hall–Kier alpha value is -1.93. The first kappa shape index (κ1) is 13.5. The highest BCUT2D eigenvalue weighted by atomic mass is 32.1. The van der Waals surface area contributed by atoms with E-state index in [1.54, 1.807) is 5.38 Å². The van der Waals surface area contributed by atoms with Crippen LogP contribution in [0, 0.1) is 21.7 Å². The quantitative estimate of drug-likeness (QED) is 0.691. The average molecular weight is 285 g/mol. The van der Waals surface area contributed by atoms with Gasteiger partial charge in [-0.15, -0.1) is 11.3 Å². The molecule has 0 aliphatic carbocycles. The highest BCUT2D eigenvalue weighted by Crippen LogP contribution is 2.33. The van der Waals surface area contributed by atoms with Crippen molar-refractivity contribution in [2.45, 2.75) is 6.42 Å². The lowest BCUT2D eigenvalue weighted by Crippen LogP contribution is -2.03. The molecule has 5 nitrogen and oxygen atoms in total. The molecule has 100 valence electrons. The Morgan fingerprint density at radius 2 is 2.16 bits per heavy atom. The molecular formula is C11H9F2N3O2S. The summed E-state index contributed by atoms with van der Waals surface area (Å²) in [5.41, 5.74) is 4.72. The van der Waals surface area contributed by atoms with Crippen LogP contribution in [0.1, 0.15) is 5.69 Å². The third-order valence-electron chi connectivity index (χ3n) is 2.43. The van der Waals surface area contributed by atoms with Gasteiger partial charge in [0.2, 0.25) is 5.82 Å². The summed E-state index contributed by atoms with van der Waals surface area (Å²) in [6, 6.07) is 1.66. The molecule has 0 aliphatic heterocycles. The van der Waals surface area contributed by atoms with Crippen LogP contribution in [0.25, 0.3) is 10.6 Å². The zero-order valence-corrected chi connectivity index (χ0v) is 10.4. The fraction of sp³-hybridized carbons (Fsp3) is 0.182. The maximum atomic E-state index is 13.9. The number of nitrogens with zero attached hydrogens (tertiary/aromatic N) is 2. The number of hydrogen-bond donors (Lipinski definition) is 1. The van der Waals surface area contributed by atoms with Crippen LogP contribution >= 0.6 is 11.3 Å². The molecule has 0 saturated carbocycles. The van der Waals surface area contributed by atoms with Crippen molar-refractivity contribution >= 4 is 17.0 Å². The zero-order valence-electron chi connectivity index (χ0n) is 9.60. The molecule has 0 aliphatic rings. The molecule has 0 atom stereocenters. The molecule has 1 aromatic carbocycles. The molecule has 0 fully saturated rings. The SMILES string of the molecule is NCCc1csc(-c2c(F)ccc([N+](=O)[O-])c2F)n1. The van der Waals surface area contributed by atoms with Crippen LogP contribution in [0.15, 0.2) is 17.5 Å². The van der Waals surface area contributed by atoms with Crippen LogP contribution in [0.4, 0.5) is 14.5 Å². The van der Waals surface area contributed by atoms with Crippen molar-refractivity contribution in [3.05, 3.63) is 45.0 Å². The van der Waals surface area contributed by atoms with Gasteiger partial charge in [-0.05, 0) is 12.6 Å². The molecule has 0 amide bonds. The number of rotatable bonds is 4. The number of aromatic nitrogens is 1. The first-order chi connectivity index (χ1) is 9.04. The lowest BCUT2D eigenvalue weighted by Gasteiger charge is -2.02. The molecule has 0 bridgehead atoms. The minimum Gasteiger partial charge on any atom is -0.330 e. The van der Waals surface area contributed by atoms with Gasteiger partial charge in [0.1, 0.15) is 10.8 Å². The molecule has 0 radical (unpaired) electrons. The van der Waals surface area contributed by atoms with Gasteiger partial charge < -0.3 is 5.73 Å². The second-order valence-corrected chi connectivity index (χ2v) is 4.55. The van der Waals surface area contributed by atoms with Crippen molar-refractivity contribution in [1.29, 1.82) is 0 Å². The van der Waals surface area contributed by atoms with Crippen LogP contribution in [-0.2, 0) is 6.42 Å². The molecule has 0 spiro atoms. The highest BCUT2D eigenvalue weighted by Gasteiger charge is 2.24. The zero-order chi connectivity index (χ0) is 14.0. The first-order valence-electron chi connectivity index (χ1n) is 5.31. The number of nitrogens with two attached hydrogens (primary N) is 1. The van der Waals surface area contributed by atoms with Crippen LogP contribution in [0.5, 0.6) is 0 Å². The van der Waals surface area contributed by atoms with E-state index in [9.17, 15) is 18.9 Å². The molecular weight excluding hydrogens is 276 g/mol. The maximum Gasteiger partial charge on any atom is 0.305 e. The van der Waals surface area contributed by atoms with E-state index in [1.165, 1.54) is 0 Å². The largest absolute Gasteiger partial charge is 0.330 e. The summed E-state index contributed by atoms with van der Waals surface area (Å²) in [6.45, 7) is 0.364. The predicted octanol–water partition coefficient (Wildman–Crippen LogP) is 2.50. The molecule has 2 rings (SSSR count). The van der Waals surface area contributed by atoms with Gasteiger partial charge in [-0.1, -0.05) is 0 Å². The number of nitro benzene ring substituents is 1. The monoisotopic (exact) mass is 285 g/mol. The molecule has 1 heterocycles.